The fraction of sp³-hybridized carbons (Fsp3) is 0.176. The third-order valence-electron chi connectivity index (χ3n) is 3.44. The Morgan fingerprint density at radius 2 is 1.96 bits per heavy atom. The summed E-state index contributed by atoms with van der Waals surface area (Å²) in [4.78, 5) is 12.6. The molecule has 23 heavy (non-hydrogen) atoms. The fourth-order valence-corrected chi connectivity index (χ4v) is 3.17. The second-order valence-corrected chi connectivity index (χ2v) is 6.12. The number of para-hydroxylation sites is 2. The first kappa shape index (κ1) is 15.3. The van der Waals surface area contributed by atoms with E-state index in [2.05, 4.69) is 10.5 Å². The molecule has 0 spiro atoms. The molecule has 1 aromatic heterocycles. The first-order chi connectivity index (χ1) is 11.1. The monoisotopic (exact) mass is 327 g/mol. The number of thiazole rings is 1. The van der Waals surface area contributed by atoms with Crippen LogP contribution in [0.3, 0.4) is 0 Å². The molecule has 0 radical (unpaired) electrons. The lowest BCUT2D eigenvalue weighted by molar-refractivity contribution is -0.123. The summed E-state index contributed by atoms with van der Waals surface area (Å²) in [6.07, 6.45) is 0. The van der Waals surface area contributed by atoms with Crippen molar-refractivity contribution >= 4 is 27.5 Å². The standard InChI is InChI=1S/C17H17N3O2S/c1-12-7-3-5-9-14(12)22-11-16(21)18-19-17-20(2)13-8-4-6-10-15(13)23-17/h3-10H,11H2,1-2H3,(H,18,21)/b19-17+. The predicted molar refractivity (Wildman–Crippen MR) is 91.2 cm³/mol. The minimum atomic E-state index is -0.286. The molecular formula is C17H17N3O2S. The fourth-order valence-electron chi connectivity index (χ4n) is 2.19. The van der Waals surface area contributed by atoms with Gasteiger partial charge >= 0.3 is 0 Å². The molecule has 0 aliphatic carbocycles. The molecule has 0 aliphatic rings. The molecule has 5 nitrogen and oxygen atoms in total. The minimum absolute atomic E-state index is 0.0665. The van der Waals surface area contributed by atoms with Crippen molar-refractivity contribution in [2.24, 2.45) is 12.1 Å². The molecule has 0 saturated heterocycles. The summed E-state index contributed by atoms with van der Waals surface area (Å²) in [5, 5.41) is 4.18. The Kier molecular flexibility index (Phi) is 4.43. The van der Waals surface area contributed by atoms with Crippen LogP contribution in [0.2, 0.25) is 0 Å². The van der Waals surface area contributed by atoms with Crippen molar-refractivity contribution in [2.45, 2.75) is 6.92 Å². The lowest BCUT2D eigenvalue weighted by Gasteiger charge is -2.07. The summed E-state index contributed by atoms with van der Waals surface area (Å²) in [6.45, 7) is 1.87. The predicted octanol–water partition coefficient (Wildman–Crippen LogP) is 2.56. The van der Waals surface area contributed by atoms with E-state index in [4.69, 9.17) is 4.74 Å². The van der Waals surface area contributed by atoms with Gasteiger partial charge < -0.3 is 9.30 Å². The normalized spacial score (nSPS) is 11.7. The van der Waals surface area contributed by atoms with Crippen molar-refractivity contribution in [3.8, 4) is 5.75 Å². The van der Waals surface area contributed by atoms with Gasteiger partial charge in [0.2, 0.25) is 4.80 Å². The molecule has 6 heteroatoms. The van der Waals surface area contributed by atoms with Gasteiger partial charge in [-0.1, -0.05) is 41.7 Å². The van der Waals surface area contributed by atoms with Gasteiger partial charge in [0.15, 0.2) is 6.61 Å². The molecule has 0 atom stereocenters. The van der Waals surface area contributed by atoms with E-state index in [1.807, 2.05) is 67.1 Å². The third-order valence-corrected chi connectivity index (χ3v) is 4.56. The minimum Gasteiger partial charge on any atom is -0.483 e. The number of carbonyl (C=O) groups is 1. The highest BCUT2D eigenvalue weighted by Gasteiger charge is 2.05. The molecular weight excluding hydrogens is 310 g/mol. The van der Waals surface area contributed by atoms with Crippen LogP contribution in [-0.2, 0) is 11.8 Å². The quantitative estimate of drug-likeness (QED) is 0.749. The van der Waals surface area contributed by atoms with E-state index in [1.54, 1.807) is 0 Å². The van der Waals surface area contributed by atoms with E-state index in [0.717, 1.165) is 20.6 Å². The summed E-state index contributed by atoms with van der Waals surface area (Å²) < 4.78 is 8.57. The zero-order valence-electron chi connectivity index (χ0n) is 12.9. The number of hydrogen-bond donors (Lipinski definition) is 1. The molecule has 0 unspecified atom stereocenters. The van der Waals surface area contributed by atoms with Crippen LogP contribution < -0.4 is 15.0 Å². The number of nitrogens with one attached hydrogen (secondary N) is 1. The lowest BCUT2D eigenvalue weighted by atomic mass is 10.2. The first-order valence-corrected chi connectivity index (χ1v) is 8.02. The average molecular weight is 327 g/mol. The number of nitrogens with zero attached hydrogens (tertiary/aromatic N) is 2. The van der Waals surface area contributed by atoms with Crippen molar-refractivity contribution in [3.05, 3.63) is 58.9 Å². The molecule has 118 valence electrons. The van der Waals surface area contributed by atoms with Crippen LogP contribution >= 0.6 is 11.3 Å². The highest BCUT2D eigenvalue weighted by atomic mass is 32.1. The van der Waals surface area contributed by atoms with E-state index < -0.39 is 0 Å². The number of amides is 1. The van der Waals surface area contributed by atoms with Gasteiger partial charge in [-0.25, -0.2) is 5.43 Å². The van der Waals surface area contributed by atoms with Crippen LogP contribution in [0.4, 0.5) is 0 Å². The molecule has 1 amide bonds. The number of carbonyl (C=O) groups excluding carboxylic acids is 1. The van der Waals surface area contributed by atoms with Gasteiger partial charge in [0.25, 0.3) is 5.91 Å². The van der Waals surface area contributed by atoms with Crippen molar-refractivity contribution in [1.29, 1.82) is 0 Å². The Labute approximate surface area is 137 Å². The maximum absolute atomic E-state index is 11.9. The molecule has 0 fully saturated rings. The largest absolute Gasteiger partial charge is 0.483 e. The summed E-state index contributed by atoms with van der Waals surface area (Å²) >= 11 is 1.52. The molecule has 3 aromatic rings. The first-order valence-electron chi connectivity index (χ1n) is 7.21. The lowest BCUT2D eigenvalue weighted by Crippen LogP contribution is -2.27. The zero-order chi connectivity index (χ0) is 16.2. The summed E-state index contributed by atoms with van der Waals surface area (Å²) in [5.74, 6) is 0.417. The van der Waals surface area contributed by atoms with Crippen LogP contribution in [0.25, 0.3) is 10.2 Å². The van der Waals surface area contributed by atoms with Crippen LogP contribution in [0.5, 0.6) is 5.75 Å². The maximum Gasteiger partial charge on any atom is 0.278 e. The highest BCUT2D eigenvalue weighted by Crippen LogP contribution is 2.16. The van der Waals surface area contributed by atoms with E-state index in [1.165, 1.54) is 11.3 Å². The molecule has 1 N–H and O–H groups in total. The van der Waals surface area contributed by atoms with E-state index in [9.17, 15) is 4.79 Å². The topological polar surface area (TPSA) is 55.6 Å². The van der Waals surface area contributed by atoms with Gasteiger partial charge in [0, 0.05) is 7.05 Å². The summed E-state index contributed by atoms with van der Waals surface area (Å²) in [5.41, 5.74) is 4.62. The van der Waals surface area contributed by atoms with Crippen LogP contribution in [0.15, 0.2) is 53.6 Å². The maximum atomic E-state index is 11.9. The van der Waals surface area contributed by atoms with Crippen LogP contribution in [-0.4, -0.2) is 17.1 Å². The van der Waals surface area contributed by atoms with Crippen molar-refractivity contribution in [1.82, 2.24) is 9.99 Å². The van der Waals surface area contributed by atoms with E-state index in [0.29, 0.717) is 5.75 Å². The SMILES string of the molecule is Cc1ccccc1OCC(=O)N/N=c1/sc2ccccc2n1C. The number of benzene rings is 2. The third kappa shape index (κ3) is 3.43. The molecule has 0 aliphatic heterocycles. The Morgan fingerprint density at radius 1 is 1.22 bits per heavy atom. The second-order valence-electron chi connectivity index (χ2n) is 5.11. The Hall–Kier alpha value is -2.60. The number of hydrogen-bond acceptors (Lipinski definition) is 4. The van der Waals surface area contributed by atoms with Crippen LogP contribution in [0, 0.1) is 6.92 Å². The van der Waals surface area contributed by atoms with E-state index >= 15 is 0 Å². The van der Waals surface area contributed by atoms with Gasteiger partial charge in [-0.05, 0) is 30.7 Å². The van der Waals surface area contributed by atoms with Crippen molar-refractivity contribution < 1.29 is 9.53 Å². The van der Waals surface area contributed by atoms with Crippen molar-refractivity contribution in [3.63, 3.8) is 0 Å². The van der Waals surface area contributed by atoms with Gasteiger partial charge in [0.05, 0.1) is 10.2 Å². The molecule has 0 saturated carbocycles. The number of aromatic nitrogens is 1. The highest BCUT2D eigenvalue weighted by molar-refractivity contribution is 7.16. The number of fused-ring (bicyclic) bond motifs is 1. The van der Waals surface area contributed by atoms with Gasteiger partial charge in [-0.3, -0.25) is 4.79 Å². The van der Waals surface area contributed by atoms with Gasteiger partial charge in [0.1, 0.15) is 5.75 Å². The number of rotatable bonds is 4. The van der Waals surface area contributed by atoms with Gasteiger partial charge in [-0.2, -0.15) is 0 Å². The molecule has 0 bridgehead atoms. The molecule has 3 rings (SSSR count). The Bertz CT molecular complexity index is 911. The molecule has 1 heterocycles. The van der Waals surface area contributed by atoms with E-state index in [-0.39, 0.29) is 12.5 Å². The Morgan fingerprint density at radius 3 is 2.74 bits per heavy atom. The second kappa shape index (κ2) is 6.66. The summed E-state index contributed by atoms with van der Waals surface area (Å²) in [6, 6.07) is 15.6. The summed E-state index contributed by atoms with van der Waals surface area (Å²) in [7, 11) is 1.92. The number of ether oxygens (including phenoxy) is 1. The smallest absolute Gasteiger partial charge is 0.278 e. The Balaban J connectivity index is 1.68. The van der Waals surface area contributed by atoms with Crippen LogP contribution in [0.1, 0.15) is 5.56 Å². The van der Waals surface area contributed by atoms with Gasteiger partial charge in [-0.15, -0.1) is 5.10 Å². The molecule has 2 aromatic carbocycles. The van der Waals surface area contributed by atoms with Crippen molar-refractivity contribution in [2.75, 3.05) is 6.61 Å². The average Bonchev–Trinajstić information content (AvgIpc) is 2.89. The number of aryl methyl sites for hydroxylation is 2. The zero-order valence-corrected chi connectivity index (χ0v) is 13.8.